The van der Waals surface area contributed by atoms with Gasteiger partial charge in [-0.15, -0.1) is 6.58 Å². The molecule has 0 saturated carbocycles. The highest BCUT2D eigenvalue weighted by molar-refractivity contribution is 4.77. The van der Waals surface area contributed by atoms with E-state index in [1.165, 1.54) is 19.3 Å². The minimum atomic E-state index is 0.317. The summed E-state index contributed by atoms with van der Waals surface area (Å²) in [5, 5.41) is 9.22. The van der Waals surface area contributed by atoms with Gasteiger partial charge in [0.05, 0.1) is 6.61 Å². The van der Waals surface area contributed by atoms with E-state index in [1.807, 2.05) is 6.08 Å². The van der Waals surface area contributed by atoms with Crippen LogP contribution in [0.1, 0.15) is 32.1 Å². The van der Waals surface area contributed by atoms with Crippen molar-refractivity contribution >= 4 is 0 Å². The van der Waals surface area contributed by atoms with Gasteiger partial charge in [0.1, 0.15) is 0 Å². The lowest BCUT2D eigenvalue weighted by molar-refractivity contribution is 0.126. The molecule has 1 saturated heterocycles. The first-order valence-electron chi connectivity index (χ1n) is 5.34. The fourth-order valence-corrected chi connectivity index (χ4v) is 2.00. The maximum Gasteiger partial charge on any atom is 0.0586 e. The van der Waals surface area contributed by atoms with Crippen molar-refractivity contribution in [3.8, 4) is 0 Å². The van der Waals surface area contributed by atoms with Crippen LogP contribution in [0.15, 0.2) is 12.7 Å². The van der Waals surface area contributed by atoms with Crippen LogP contribution in [-0.4, -0.2) is 35.7 Å². The van der Waals surface area contributed by atoms with E-state index < -0.39 is 0 Å². The molecule has 0 bridgehead atoms. The summed E-state index contributed by atoms with van der Waals surface area (Å²) in [6, 6.07) is 0.405. The van der Waals surface area contributed by atoms with E-state index in [9.17, 15) is 5.11 Å². The first-order valence-corrected chi connectivity index (χ1v) is 5.34. The molecule has 2 heteroatoms. The zero-order chi connectivity index (χ0) is 9.52. The molecular weight excluding hydrogens is 162 g/mol. The monoisotopic (exact) mass is 183 g/mol. The number of rotatable bonds is 4. The van der Waals surface area contributed by atoms with E-state index in [2.05, 4.69) is 11.5 Å². The lowest BCUT2D eigenvalue weighted by Crippen LogP contribution is -2.37. The molecule has 1 aliphatic heterocycles. The van der Waals surface area contributed by atoms with E-state index in [0.29, 0.717) is 12.6 Å². The molecular formula is C11H21NO. The van der Waals surface area contributed by atoms with Gasteiger partial charge in [-0.05, 0) is 25.8 Å². The largest absolute Gasteiger partial charge is 0.395 e. The molecule has 1 rings (SSSR count). The summed E-state index contributed by atoms with van der Waals surface area (Å²) in [4.78, 5) is 2.41. The molecule has 0 aromatic heterocycles. The van der Waals surface area contributed by atoms with E-state index in [1.54, 1.807) is 0 Å². The zero-order valence-electron chi connectivity index (χ0n) is 8.41. The molecule has 0 radical (unpaired) electrons. The Bertz CT molecular complexity index is 147. The van der Waals surface area contributed by atoms with Crippen LogP contribution in [0.3, 0.4) is 0 Å². The van der Waals surface area contributed by atoms with Crippen LogP contribution >= 0.6 is 0 Å². The van der Waals surface area contributed by atoms with E-state index in [4.69, 9.17) is 0 Å². The molecule has 76 valence electrons. The molecule has 0 aromatic rings. The van der Waals surface area contributed by atoms with Gasteiger partial charge in [0, 0.05) is 12.6 Å². The van der Waals surface area contributed by atoms with Crippen molar-refractivity contribution in [3.05, 3.63) is 12.7 Å². The first kappa shape index (κ1) is 10.7. The lowest BCUT2D eigenvalue weighted by Gasteiger charge is -2.27. The van der Waals surface area contributed by atoms with Gasteiger partial charge in [0.25, 0.3) is 0 Å². The van der Waals surface area contributed by atoms with Crippen LogP contribution in [0.5, 0.6) is 0 Å². The third kappa shape index (κ3) is 3.49. The highest BCUT2D eigenvalue weighted by Gasteiger charge is 2.18. The van der Waals surface area contributed by atoms with Crippen molar-refractivity contribution in [2.24, 2.45) is 0 Å². The number of aliphatic hydroxyl groups is 1. The minimum Gasteiger partial charge on any atom is -0.395 e. The second-order valence-corrected chi connectivity index (χ2v) is 3.80. The number of nitrogens with zero attached hydrogens (tertiary/aromatic N) is 1. The van der Waals surface area contributed by atoms with Crippen molar-refractivity contribution in [1.29, 1.82) is 0 Å². The molecule has 0 amide bonds. The van der Waals surface area contributed by atoms with Gasteiger partial charge in [-0.25, -0.2) is 0 Å². The predicted octanol–water partition coefficient (Wildman–Crippen LogP) is 1.80. The lowest BCUT2D eigenvalue weighted by atomic mass is 10.1. The molecule has 0 aliphatic carbocycles. The first-order chi connectivity index (χ1) is 6.38. The predicted molar refractivity (Wildman–Crippen MR) is 55.7 cm³/mol. The van der Waals surface area contributed by atoms with Gasteiger partial charge in [-0.2, -0.15) is 0 Å². The number of likely N-dealkylation sites (tertiary alicyclic amines) is 1. The second-order valence-electron chi connectivity index (χ2n) is 3.80. The topological polar surface area (TPSA) is 23.5 Å². The summed E-state index contributed by atoms with van der Waals surface area (Å²) in [6.07, 6.45) is 8.04. The van der Waals surface area contributed by atoms with Gasteiger partial charge in [-0.3, -0.25) is 4.90 Å². The second kappa shape index (κ2) is 6.17. The highest BCUT2D eigenvalue weighted by atomic mass is 16.3. The summed E-state index contributed by atoms with van der Waals surface area (Å²) < 4.78 is 0. The Hall–Kier alpha value is -0.340. The van der Waals surface area contributed by atoms with Gasteiger partial charge < -0.3 is 5.11 Å². The van der Waals surface area contributed by atoms with Crippen LogP contribution in [-0.2, 0) is 0 Å². The highest BCUT2D eigenvalue weighted by Crippen LogP contribution is 2.16. The molecule has 1 aliphatic rings. The minimum absolute atomic E-state index is 0.317. The molecule has 13 heavy (non-hydrogen) atoms. The van der Waals surface area contributed by atoms with Crippen molar-refractivity contribution in [2.45, 2.75) is 38.1 Å². The summed E-state index contributed by atoms with van der Waals surface area (Å²) >= 11 is 0. The summed E-state index contributed by atoms with van der Waals surface area (Å²) in [5.41, 5.74) is 0. The van der Waals surface area contributed by atoms with E-state index in [0.717, 1.165) is 25.9 Å². The molecule has 1 fully saturated rings. The smallest absolute Gasteiger partial charge is 0.0586 e. The standard InChI is InChI=1S/C11H21NO/c1-2-3-8-12-9-6-4-5-7-11(12)10-13/h2,11,13H,1,3-10H2. The normalized spacial score (nSPS) is 25.5. The summed E-state index contributed by atoms with van der Waals surface area (Å²) in [7, 11) is 0. The molecule has 1 atom stereocenters. The molecule has 0 spiro atoms. The maximum atomic E-state index is 9.22. The SMILES string of the molecule is C=CCCN1CCCCCC1CO. The van der Waals surface area contributed by atoms with Crippen LogP contribution in [0.4, 0.5) is 0 Å². The molecule has 1 heterocycles. The molecule has 1 unspecified atom stereocenters. The Morgan fingerprint density at radius 1 is 1.38 bits per heavy atom. The van der Waals surface area contributed by atoms with Gasteiger partial charge in [-0.1, -0.05) is 18.9 Å². The van der Waals surface area contributed by atoms with Crippen LogP contribution in [0.2, 0.25) is 0 Å². The molecule has 0 aromatic carbocycles. The average Bonchev–Trinajstić information content (AvgIpc) is 2.39. The van der Waals surface area contributed by atoms with E-state index in [-0.39, 0.29) is 0 Å². The quantitative estimate of drug-likeness (QED) is 0.672. The van der Waals surface area contributed by atoms with Crippen LogP contribution < -0.4 is 0 Å². The number of hydrogen-bond donors (Lipinski definition) is 1. The van der Waals surface area contributed by atoms with Crippen LogP contribution in [0.25, 0.3) is 0 Å². The number of aliphatic hydroxyl groups excluding tert-OH is 1. The summed E-state index contributed by atoms with van der Waals surface area (Å²) in [5.74, 6) is 0. The Kier molecular flexibility index (Phi) is 5.09. The average molecular weight is 183 g/mol. The van der Waals surface area contributed by atoms with Gasteiger partial charge in [0.2, 0.25) is 0 Å². The fourth-order valence-electron chi connectivity index (χ4n) is 2.00. The third-order valence-electron chi connectivity index (χ3n) is 2.83. The fraction of sp³-hybridized carbons (Fsp3) is 0.818. The summed E-state index contributed by atoms with van der Waals surface area (Å²) in [6.45, 7) is 6.26. The third-order valence-corrected chi connectivity index (χ3v) is 2.83. The number of hydrogen-bond acceptors (Lipinski definition) is 2. The van der Waals surface area contributed by atoms with E-state index >= 15 is 0 Å². The Labute approximate surface area is 81.2 Å². The Morgan fingerprint density at radius 2 is 2.23 bits per heavy atom. The van der Waals surface area contributed by atoms with Crippen molar-refractivity contribution in [1.82, 2.24) is 4.90 Å². The van der Waals surface area contributed by atoms with Crippen molar-refractivity contribution in [3.63, 3.8) is 0 Å². The molecule has 2 nitrogen and oxygen atoms in total. The van der Waals surface area contributed by atoms with Gasteiger partial charge >= 0.3 is 0 Å². The van der Waals surface area contributed by atoms with Gasteiger partial charge in [0.15, 0.2) is 0 Å². The maximum absolute atomic E-state index is 9.22. The van der Waals surface area contributed by atoms with Crippen LogP contribution in [0, 0.1) is 0 Å². The van der Waals surface area contributed by atoms with Crippen molar-refractivity contribution in [2.75, 3.05) is 19.7 Å². The molecule has 1 N–H and O–H groups in total. The Morgan fingerprint density at radius 3 is 2.92 bits per heavy atom. The zero-order valence-corrected chi connectivity index (χ0v) is 8.41. The van der Waals surface area contributed by atoms with Crippen molar-refractivity contribution < 1.29 is 5.11 Å². The Balaban J connectivity index is 2.38.